The van der Waals surface area contributed by atoms with Crippen LogP contribution in [-0.4, -0.2) is 36.6 Å². The van der Waals surface area contributed by atoms with Crippen molar-refractivity contribution < 1.29 is 0 Å². The normalized spacial score (nSPS) is 34.1. The summed E-state index contributed by atoms with van der Waals surface area (Å²) in [7, 11) is 0. The van der Waals surface area contributed by atoms with Gasteiger partial charge in [-0.05, 0) is 64.5 Å². The predicted molar refractivity (Wildman–Crippen MR) is 74.3 cm³/mol. The molecular formula is C15H30N2. The molecule has 100 valence electrons. The van der Waals surface area contributed by atoms with Gasteiger partial charge in [-0.2, -0.15) is 0 Å². The molecule has 1 saturated carbocycles. The maximum absolute atomic E-state index is 3.68. The zero-order valence-corrected chi connectivity index (χ0v) is 12.0. The van der Waals surface area contributed by atoms with E-state index in [1.165, 1.54) is 58.2 Å². The molecule has 0 bridgehead atoms. The molecule has 2 aliphatic rings. The van der Waals surface area contributed by atoms with Gasteiger partial charge in [-0.25, -0.2) is 0 Å². The molecule has 2 atom stereocenters. The van der Waals surface area contributed by atoms with Crippen molar-refractivity contribution in [2.45, 2.75) is 71.4 Å². The SMILES string of the molecule is CCCC1(CN2CCC(C)NC(C)CC2)CC1. The Morgan fingerprint density at radius 3 is 2.18 bits per heavy atom. The second-order valence-electron chi connectivity index (χ2n) is 6.57. The molecule has 1 saturated heterocycles. The molecule has 1 heterocycles. The van der Waals surface area contributed by atoms with Gasteiger partial charge in [0.15, 0.2) is 0 Å². The van der Waals surface area contributed by atoms with E-state index in [4.69, 9.17) is 0 Å². The summed E-state index contributed by atoms with van der Waals surface area (Å²) in [6, 6.07) is 1.38. The van der Waals surface area contributed by atoms with E-state index in [-0.39, 0.29) is 0 Å². The molecule has 1 N–H and O–H groups in total. The average molecular weight is 238 g/mol. The highest BCUT2D eigenvalue weighted by atomic mass is 15.1. The van der Waals surface area contributed by atoms with Gasteiger partial charge >= 0.3 is 0 Å². The van der Waals surface area contributed by atoms with Crippen molar-refractivity contribution in [3.63, 3.8) is 0 Å². The summed E-state index contributed by atoms with van der Waals surface area (Å²) in [5.41, 5.74) is 0.730. The molecule has 17 heavy (non-hydrogen) atoms. The highest BCUT2D eigenvalue weighted by Gasteiger charge is 2.42. The third kappa shape index (κ3) is 3.96. The van der Waals surface area contributed by atoms with Crippen LogP contribution in [0.2, 0.25) is 0 Å². The number of nitrogens with one attached hydrogen (secondary N) is 1. The van der Waals surface area contributed by atoms with Gasteiger partial charge in [0.05, 0.1) is 0 Å². The van der Waals surface area contributed by atoms with Crippen LogP contribution in [0.1, 0.15) is 59.3 Å². The van der Waals surface area contributed by atoms with Crippen molar-refractivity contribution in [1.29, 1.82) is 0 Å². The molecule has 1 aliphatic carbocycles. The molecule has 2 fully saturated rings. The third-order valence-electron chi connectivity index (χ3n) is 4.62. The average Bonchev–Trinajstić information content (AvgIpc) is 3.01. The monoisotopic (exact) mass is 238 g/mol. The largest absolute Gasteiger partial charge is 0.312 e. The van der Waals surface area contributed by atoms with Crippen molar-refractivity contribution in [1.82, 2.24) is 10.2 Å². The van der Waals surface area contributed by atoms with Crippen LogP contribution in [0.15, 0.2) is 0 Å². The van der Waals surface area contributed by atoms with Gasteiger partial charge < -0.3 is 10.2 Å². The van der Waals surface area contributed by atoms with Crippen LogP contribution in [0.3, 0.4) is 0 Å². The lowest BCUT2D eigenvalue weighted by Gasteiger charge is -2.33. The van der Waals surface area contributed by atoms with Crippen LogP contribution < -0.4 is 5.32 Å². The molecule has 0 spiro atoms. The van der Waals surface area contributed by atoms with Gasteiger partial charge in [0.25, 0.3) is 0 Å². The minimum absolute atomic E-state index is 0.689. The van der Waals surface area contributed by atoms with E-state index in [9.17, 15) is 0 Å². The molecule has 2 heteroatoms. The maximum atomic E-state index is 3.68. The summed E-state index contributed by atoms with van der Waals surface area (Å²) in [6.45, 7) is 11.0. The summed E-state index contributed by atoms with van der Waals surface area (Å²) in [4.78, 5) is 2.75. The summed E-state index contributed by atoms with van der Waals surface area (Å²) in [5, 5.41) is 3.68. The van der Waals surface area contributed by atoms with Gasteiger partial charge in [0.1, 0.15) is 0 Å². The van der Waals surface area contributed by atoms with E-state index >= 15 is 0 Å². The fraction of sp³-hybridized carbons (Fsp3) is 1.00. The minimum atomic E-state index is 0.689. The third-order valence-corrected chi connectivity index (χ3v) is 4.62. The second-order valence-corrected chi connectivity index (χ2v) is 6.57. The van der Waals surface area contributed by atoms with Crippen LogP contribution in [0, 0.1) is 5.41 Å². The number of rotatable bonds is 4. The van der Waals surface area contributed by atoms with Crippen molar-refractivity contribution >= 4 is 0 Å². The number of nitrogens with zero attached hydrogens (tertiary/aromatic N) is 1. The van der Waals surface area contributed by atoms with E-state index < -0.39 is 0 Å². The molecule has 2 rings (SSSR count). The first kappa shape index (κ1) is 13.4. The Labute approximate surface area is 107 Å². The fourth-order valence-electron chi connectivity index (χ4n) is 3.34. The molecule has 0 radical (unpaired) electrons. The molecule has 0 aromatic rings. The molecule has 2 nitrogen and oxygen atoms in total. The van der Waals surface area contributed by atoms with Gasteiger partial charge in [0.2, 0.25) is 0 Å². The quantitative estimate of drug-likeness (QED) is 0.810. The van der Waals surface area contributed by atoms with Gasteiger partial charge in [-0.15, -0.1) is 0 Å². The first-order valence-electron chi connectivity index (χ1n) is 7.62. The Morgan fingerprint density at radius 1 is 1.12 bits per heavy atom. The highest BCUT2D eigenvalue weighted by molar-refractivity contribution is 4.95. The second kappa shape index (κ2) is 5.71. The predicted octanol–water partition coefficient (Wildman–Crippen LogP) is 3.03. The number of hydrogen-bond donors (Lipinski definition) is 1. The molecular weight excluding hydrogens is 208 g/mol. The fourth-order valence-corrected chi connectivity index (χ4v) is 3.34. The Bertz CT molecular complexity index is 223. The Hall–Kier alpha value is -0.0800. The van der Waals surface area contributed by atoms with Crippen molar-refractivity contribution in [2.24, 2.45) is 5.41 Å². The van der Waals surface area contributed by atoms with Crippen LogP contribution in [-0.2, 0) is 0 Å². The highest BCUT2D eigenvalue weighted by Crippen LogP contribution is 2.50. The van der Waals surface area contributed by atoms with Crippen LogP contribution in [0.5, 0.6) is 0 Å². The summed E-state index contributed by atoms with van der Waals surface area (Å²) < 4.78 is 0. The van der Waals surface area contributed by atoms with Crippen molar-refractivity contribution in [3.8, 4) is 0 Å². The van der Waals surface area contributed by atoms with Crippen molar-refractivity contribution in [3.05, 3.63) is 0 Å². The van der Waals surface area contributed by atoms with Gasteiger partial charge in [0, 0.05) is 18.6 Å². The molecule has 0 amide bonds. The molecule has 1 aliphatic heterocycles. The lowest BCUT2D eigenvalue weighted by atomic mass is 9.99. The first-order valence-corrected chi connectivity index (χ1v) is 7.62. The van der Waals surface area contributed by atoms with E-state index in [0.29, 0.717) is 12.1 Å². The molecule has 2 unspecified atom stereocenters. The van der Waals surface area contributed by atoms with Crippen molar-refractivity contribution in [2.75, 3.05) is 19.6 Å². The molecule has 0 aromatic carbocycles. The lowest BCUT2D eigenvalue weighted by molar-refractivity contribution is 0.177. The number of hydrogen-bond acceptors (Lipinski definition) is 2. The Balaban J connectivity index is 1.83. The van der Waals surface area contributed by atoms with Gasteiger partial charge in [-0.1, -0.05) is 13.3 Å². The summed E-state index contributed by atoms with van der Waals surface area (Å²) >= 11 is 0. The van der Waals surface area contributed by atoms with E-state index in [1.54, 1.807) is 0 Å². The van der Waals surface area contributed by atoms with E-state index in [0.717, 1.165) is 5.41 Å². The van der Waals surface area contributed by atoms with E-state index in [2.05, 4.69) is 31.0 Å². The Kier molecular flexibility index (Phi) is 4.48. The zero-order valence-electron chi connectivity index (χ0n) is 12.0. The van der Waals surface area contributed by atoms with Crippen LogP contribution in [0.4, 0.5) is 0 Å². The summed E-state index contributed by atoms with van der Waals surface area (Å²) in [6.07, 6.45) is 8.41. The first-order chi connectivity index (χ1) is 8.13. The Morgan fingerprint density at radius 2 is 1.71 bits per heavy atom. The zero-order chi connectivity index (χ0) is 12.3. The van der Waals surface area contributed by atoms with Crippen LogP contribution in [0.25, 0.3) is 0 Å². The smallest absolute Gasteiger partial charge is 0.00533 e. The van der Waals surface area contributed by atoms with Gasteiger partial charge in [-0.3, -0.25) is 0 Å². The lowest BCUT2D eigenvalue weighted by Crippen LogP contribution is -2.44. The standard InChI is InChI=1S/C15H30N2/c1-4-7-15(8-9-15)12-17-10-5-13(2)16-14(3)6-11-17/h13-14,16H,4-12H2,1-3H3. The molecule has 0 aromatic heterocycles. The topological polar surface area (TPSA) is 15.3 Å². The maximum Gasteiger partial charge on any atom is 0.00533 e. The van der Waals surface area contributed by atoms with Crippen LogP contribution >= 0.6 is 0 Å². The minimum Gasteiger partial charge on any atom is -0.312 e. The summed E-state index contributed by atoms with van der Waals surface area (Å²) in [5.74, 6) is 0. The van der Waals surface area contributed by atoms with E-state index in [1.807, 2.05) is 0 Å².